The van der Waals surface area contributed by atoms with Crippen LogP contribution in [0, 0.1) is 13.8 Å². The van der Waals surface area contributed by atoms with Crippen LogP contribution in [0.5, 0.6) is 0 Å². The van der Waals surface area contributed by atoms with Crippen molar-refractivity contribution >= 4 is 11.5 Å². The summed E-state index contributed by atoms with van der Waals surface area (Å²) in [7, 11) is 0. The predicted octanol–water partition coefficient (Wildman–Crippen LogP) is 1.89. The molecule has 0 radical (unpaired) electrons. The Hall–Kier alpha value is -2.61. The van der Waals surface area contributed by atoms with Gasteiger partial charge in [0.15, 0.2) is 11.5 Å². The molecule has 140 valence electrons. The lowest BCUT2D eigenvalue weighted by Gasteiger charge is -2.17. The van der Waals surface area contributed by atoms with Gasteiger partial charge in [0.1, 0.15) is 11.6 Å². The van der Waals surface area contributed by atoms with Crippen molar-refractivity contribution in [1.29, 1.82) is 0 Å². The van der Waals surface area contributed by atoms with Crippen LogP contribution in [0.25, 0.3) is 5.65 Å². The van der Waals surface area contributed by atoms with Crippen LogP contribution in [0.1, 0.15) is 59.8 Å². The number of rotatable bonds is 4. The molecule has 2 unspecified atom stereocenters. The van der Waals surface area contributed by atoms with E-state index in [4.69, 9.17) is 15.1 Å². The lowest BCUT2D eigenvalue weighted by Crippen LogP contribution is -2.20. The molecule has 27 heavy (non-hydrogen) atoms. The molecule has 0 bridgehead atoms. The molecular formula is C19H23N7O. The molecule has 0 aromatic carbocycles. The van der Waals surface area contributed by atoms with Crippen LogP contribution in [0.3, 0.4) is 0 Å². The van der Waals surface area contributed by atoms with Crippen molar-refractivity contribution in [2.75, 3.05) is 18.0 Å². The maximum atomic E-state index is 9.63. The normalized spacial score (nSPS) is 22.0. The van der Waals surface area contributed by atoms with Gasteiger partial charge < -0.3 is 10.0 Å². The van der Waals surface area contributed by atoms with Crippen LogP contribution in [0.15, 0.2) is 12.3 Å². The lowest BCUT2D eigenvalue weighted by atomic mass is 10.2. The number of hydrogen-bond acceptors (Lipinski definition) is 7. The first-order chi connectivity index (χ1) is 13.1. The second-order valence-corrected chi connectivity index (χ2v) is 7.57. The van der Waals surface area contributed by atoms with Gasteiger partial charge in [-0.05, 0) is 33.1 Å². The third kappa shape index (κ3) is 2.84. The Morgan fingerprint density at radius 3 is 2.59 bits per heavy atom. The molecule has 2 atom stereocenters. The molecule has 2 fully saturated rings. The van der Waals surface area contributed by atoms with Gasteiger partial charge >= 0.3 is 0 Å². The first-order valence-corrected chi connectivity index (χ1v) is 9.56. The van der Waals surface area contributed by atoms with Gasteiger partial charge in [0, 0.05) is 37.2 Å². The van der Waals surface area contributed by atoms with E-state index in [-0.39, 0.29) is 18.4 Å². The maximum absolute atomic E-state index is 9.63. The van der Waals surface area contributed by atoms with Gasteiger partial charge in [-0.2, -0.15) is 5.10 Å². The number of hydrogen-bond donors (Lipinski definition) is 1. The summed E-state index contributed by atoms with van der Waals surface area (Å²) in [6, 6.07) is 1.91. The van der Waals surface area contributed by atoms with Crippen molar-refractivity contribution < 1.29 is 5.11 Å². The van der Waals surface area contributed by atoms with E-state index in [0.717, 1.165) is 54.0 Å². The fourth-order valence-electron chi connectivity index (χ4n) is 3.89. The predicted molar refractivity (Wildman–Crippen MR) is 99.8 cm³/mol. The number of nitrogens with zero attached hydrogens (tertiary/aromatic N) is 7. The largest absolute Gasteiger partial charge is 0.390 e. The molecule has 1 aliphatic heterocycles. The van der Waals surface area contributed by atoms with Gasteiger partial charge in [-0.1, -0.05) is 0 Å². The molecule has 1 aliphatic carbocycles. The first kappa shape index (κ1) is 16.6. The highest BCUT2D eigenvalue weighted by atomic mass is 16.3. The van der Waals surface area contributed by atoms with Crippen molar-refractivity contribution in [1.82, 2.24) is 29.5 Å². The van der Waals surface area contributed by atoms with E-state index in [0.29, 0.717) is 5.69 Å². The number of aromatic nitrogens is 6. The van der Waals surface area contributed by atoms with E-state index in [2.05, 4.69) is 14.9 Å². The number of fused-ring (bicyclic) bond motifs is 1. The van der Waals surface area contributed by atoms with Gasteiger partial charge in [-0.3, -0.25) is 4.98 Å². The number of anilines is 1. The quantitative estimate of drug-likeness (QED) is 0.755. The van der Waals surface area contributed by atoms with Crippen LogP contribution >= 0.6 is 0 Å². The summed E-state index contributed by atoms with van der Waals surface area (Å²) >= 11 is 0. The summed E-state index contributed by atoms with van der Waals surface area (Å²) in [5, 5.41) is 14.3. The molecule has 1 N–H and O–H groups in total. The number of aliphatic hydroxyl groups excluding tert-OH is 1. The maximum Gasteiger partial charge on any atom is 0.177 e. The topological polar surface area (TPSA) is 92.3 Å². The van der Waals surface area contributed by atoms with Crippen molar-refractivity contribution in [2.24, 2.45) is 0 Å². The highest BCUT2D eigenvalue weighted by Crippen LogP contribution is 2.52. The molecule has 0 spiro atoms. The van der Waals surface area contributed by atoms with E-state index >= 15 is 0 Å². The Kier molecular flexibility index (Phi) is 3.82. The Morgan fingerprint density at radius 2 is 1.85 bits per heavy atom. The molecule has 2 aliphatic rings. The minimum absolute atomic E-state index is 0.0651. The van der Waals surface area contributed by atoms with Crippen LogP contribution in [-0.4, -0.2) is 47.7 Å². The van der Waals surface area contributed by atoms with E-state index < -0.39 is 0 Å². The Bertz CT molecular complexity index is 970. The van der Waals surface area contributed by atoms with E-state index in [1.165, 1.54) is 12.8 Å². The van der Waals surface area contributed by atoms with E-state index in [1.54, 1.807) is 0 Å². The average molecular weight is 365 g/mol. The monoisotopic (exact) mass is 365 g/mol. The Balaban J connectivity index is 1.46. The fourth-order valence-corrected chi connectivity index (χ4v) is 3.89. The lowest BCUT2D eigenvalue weighted by molar-refractivity contribution is 0.276. The van der Waals surface area contributed by atoms with Gasteiger partial charge in [0.25, 0.3) is 0 Å². The summed E-state index contributed by atoms with van der Waals surface area (Å²) in [4.78, 5) is 20.8. The van der Waals surface area contributed by atoms with Crippen molar-refractivity contribution in [3.05, 3.63) is 41.0 Å². The Labute approximate surface area is 157 Å². The van der Waals surface area contributed by atoms with Gasteiger partial charge in [0.05, 0.1) is 23.7 Å². The number of aryl methyl sites for hydroxylation is 2. The minimum atomic E-state index is -0.0651. The summed E-state index contributed by atoms with van der Waals surface area (Å²) in [6.45, 7) is 5.92. The van der Waals surface area contributed by atoms with Crippen LogP contribution < -0.4 is 4.90 Å². The highest BCUT2D eigenvalue weighted by molar-refractivity contribution is 5.45. The molecule has 0 amide bonds. The molecule has 5 rings (SSSR count). The van der Waals surface area contributed by atoms with Crippen LogP contribution in [-0.2, 0) is 6.61 Å². The molecule has 8 nitrogen and oxygen atoms in total. The Morgan fingerprint density at radius 1 is 1.07 bits per heavy atom. The van der Waals surface area contributed by atoms with Crippen molar-refractivity contribution in [3.63, 3.8) is 0 Å². The SMILES string of the molecule is Cc1ncc(C)n2nc(C3CC3c3nc(CO)cc(N4CCCC4)n3)nc12. The smallest absolute Gasteiger partial charge is 0.177 e. The standard InChI is InChI=1S/C19H23N7O/c1-11-9-20-12(2)19-23-18(24-26(11)19)15-8-14(15)17-21-13(10-27)7-16(22-17)25-5-3-4-6-25/h7,9,14-15,27H,3-6,8,10H2,1-2H3. The van der Waals surface area contributed by atoms with Gasteiger partial charge in [0.2, 0.25) is 0 Å². The molecule has 8 heteroatoms. The summed E-state index contributed by atoms with van der Waals surface area (Å²) in [5.74, 6) is 3.01. The zero-order valence-corrected chi connectivity index (χ0v) is 15.6. The summed E-state index contributed by atoms with van der Waals surface area (Å²) in [6.07, 6.45) is 5.15. The van der Waals surface area contributed by atoms with Crippen molar-refractivity contribution in [3.8, 4) is 0 Å². The minimum Gasteiger partial charge on any atom is -0.390 e. The molecule has 1 saturated carbocycles. The van der Waals surface area contributed by atoms with Crippen LogP contribution in [0.2, 0.25) is 0 Å². The zero-order chi connectivity index (χ0) is 18.5. The first-order valence-electron chi connectivity index (χ1n) is 9.56. The second kappa shape index (κ2) is 6.23. The van der Waals surface area contributed by atoms with E-state index in [1.807, 2.05) is 30.6 Å². The molecule has 3 aromatic heterocycles. The molecule has 4 heterocycles. The second-order valence-electron chi connectivity index (χ2n) is 7.57. The third-order valence-electron chi connectivity index (χ3n) is 5.56. The highest BCUT2D eigenvalue weighted by Gasteiger charge is 2.45. The zero-order valence-electron chi connectivity index (χ0n) is 15.6. The molecule has 3 aromatic rings. The third-order valence-corrected chi connectivity index (χ3v) is 5.56. The molecular weight excluding hydrogens is 342 g/mol. The fraction of sp³-hybridized carbons (Fsp3) is 0.526. The van der Waals surface area contributed by atoms with E-state index in [9.17, 15) is 5.11 Å². The molecule has 1 saturated heterocycles. The van der Waals surface area contributed by atoms with Crippen LogP contribution in [0.4, 0.5) is 5.82 Å². The van der Waals surface area contributed by atoms with Gasteiger partial charge in [-0.25, -0.2) is 19.5 Å². The average Bonchev–Trinajstić information content (AvgIpc) is 3.10. The van der Waals surface area contributed by atoms with Gasteiger partial charge in [-0.15, -0.1) is 0 Å². The summed E-state index contributed by atoms with van der Waals surface area (Å²) in [5.41, 5.74) is 3.36. The number of aliphatic hydroxyl groups is 1. The van der Waals surface area contributed by atoms with Crippen molar-refractivity contribution in [2.45, 2.75) is 51.6 Å². The summed E-state index contributed by atoms with van der Waals surface area (Å²) < 4.78 is 1.87.